The molecule has 174 valence electrons. The van der Waals surface area contributed by atoms with Crippen LogP contribution in [0.25, 0.3) is 0 Å². The lowest BCUT2D eigenvalue weighted by atomic mass is 9.96. The highest BCUT2D eigenvalue weighted by molar-refractivity contribution is 5.80. The van der Waals surface area contributed by atoms with E-state index < -0.39 is 11.9 Å². The van der Waals surface area contributed by atoms with Gasteiger partial charge < -0.3 is 25.0 Å². The molecule has 8 heteroatoms. The van der Waals surface area contributed by atoms with E-state index in [0.29, 0.717) is 31.8 Å². The number of carbonyl (C=O) groups is 2. The minimum Gasteiger partial charge on any atom is -0.493 e. The van der Waals surface area contributed by atoms with Gasteiger partial charge in [0.15, 0.2) is 0 Å². The van der Waals surface area contributed by atoms with Crippen molar-refractivity contribution in [1.29, 1.82) is 0 Å². The van der Waals surface area contributed by atoms with E-state index in [4.69, 9.17) is 9.72 Å². The van der Waals surface area contributed by atoms with Gasteiger partial charge in [0.2, 0.25) is 0 Å². The third kappa shape index (κ3) is 4.60. The number of aromatic nitrogens is 1. The standard InChI is InChI=1S/C25H30N4O4/c30-24(31)21(19-6-5-17-9-14-33-22(17)15-19)16-29-13-12-28(25(29)32)11-2-4-20-8-7-18-3-1-10-26-23(18)27-20/h5-8,15,21H,1-4,9-14,16H2,(H,26,27)(H,30,31)/t21-/m1/s1. The summed E-state index contributed by atoms with van der Waals surface area (Å²) >= 11 is 0. The summed E-state index contributed by atoms with van der Waals surface area (Å²) in [5.74, 6) is 0.0693. The predicted molar refractivity (Wildman–Crippen MR) is 124 cm³/mol. The van der Waals surface area contributed by atoms with Crippen molar-refractivity contribution in [3.63, 3.8) is 0 Å². The lowest BCUT2D eigenvalue weighted by Crippen LogP contribution is -2.36. The number of ether oxygens (including phenoxy) is 1. The average molecular weight is 451 g/mol. The zero-order valence-corrected chi connectivity index (χ0v) is 18.8. The highest BCUT2D eigenvalue weighted by atomic mass is 16.5. The second kappa shape index (κ2) is 9.29. The molecule has 1 aromatic carbocycles. The van der Waals surface area contributed by atoms with Crippen molar-refractivity contribution >= 4 is 17.8 Å². The van der Waals surface area contributed by atoms with Crippen LogP contribution in [0.3, 0.4) is 0 Å². The monoisotopic (exact) mass is 450 g/mol. The molecule has 1 aromatic heterocycles. The number of carboxylic acid groups (broad SMARTS) is 1. The Balaban J connectivity index is 1.16. The van der Waals surface area contributed by atoms with Gasteiger partial charge in [-0.1, -0.05) is 18.2 Å². The van der Waals surface area contributed by atoms with Crippen LogP contribution in [0.1, 0.15) is 41.1 Å². The molecule has 8 nitrogen and oxygen atoms in total. The van der Waals surface area contributed by atoms with Crippen LogP contribution >= 0.6 is 0 Å². The maximum Gasteiger partial charge on any atom is 0.320 e. The number of aliphatic carboxylic acids is 1. The number of anilines is 1. The molecule has 1 fully saturated rings. The first-order chi connectivity index (χ1) is 16.1. The molecule has 0 bridgehead atoms. The molecule has 3 aliphatic heterocycles. The first kappa shape index (κ1) is 21.6. The number of urea groups is 1. The second-order valence-electron chi connectivity index (χ2n) is 9.02. The van der Waals surface area contributed by atoms with Crippen molar-refractivity contribution in [2.24, 2.45) is 0 Å². The summed E-state index contributed by atoms with van der Waals surface area (Å²) in [6.07, 6.45) is 4.71. The molecule has 3 aliphatic rings. The molecule has 2 N–H and O–H groups in total. The van der Waals surface area contributed by atoms with Gasteiger partial charge in [-0.15, -0.1) is 0 Å². The minimum absolute atomic E-state index is 0.0845. The van der Waals surface area contributed by atoms with Crippen LogP contribution in [0.2, 0.25) is 0 Å². The number of fused-ring (bicyclic) bond motifs is 2. The van der Waals surface area contributed by atoms with Gasteiger partial charge in [0.05, 0.1) is 12.5 Å². The number of carbonyl (C=O) groups excluding carboxylic acids is 1. The number of carboxylic acids is 1. The first-order valence-corrected chi connectivity index (χ1v) is 11.8. The Morgan fingerprint density at radius 1 is 1.15 bits per heavy atom. The van der Waals surface area contributed by atoms with Gasteiger partial charge in [0, 0.05) is 44.8 Å². The Bertz CT molecular complexity index is 1060. The van der Waals surface area contributed by atoms with Crippen LogP contribution < -0.4 is 10.1 Å². The maximum atomic E-state index is 12.9. The van der Waals surface area contributed by atoms with E-state index in [1.54, 1.807) is 4.90 Å². The summed E-state index contributed by atoms with van der Waals surface area (Å²) < 4.78 is 5.60. The van der Waals surface area contributed by atoms with Gasteiger partial charge >= 0.3 is 12.0 Å². The van der Waals surface area contributed by atoms with Crippen molar-refractivity contribution in [2.75, 3.05) is 44.6 Å². The zero-order valence-electron chi connectivity index (χ0n) is 18.8. The molecule has 4 heterocycles. The summed E-state index contributed by atoms with van der Waals surface area (Å²) in [7, 11) is 0. The molecule has 1 atom stereocenters. The van der Waals surface area contributed by atoms with Gasteiger partial charge in [-0.3, -0.25) is 4.79 Å². The molecule has 0 unspecified atom stereocenters. The summed E-state index contributed by atoms with van der Waals surface area (Å²) in [5.41, 5.74) is 4.10. The fourth-order valence-electron chi connectivity index (χ4n) is 4.91. The summed E-state index contributed by atoms with van der Waals surface area (Å²) in [6, 6.07) is 9.77. The van der Waals surface area contributed by atoms with Crippen LogP contribution in [0.15, 0.2) is 30.3 Å². The Morgan fingerprint density at radius 2 is 2.00 bits per heavy atom. The van der Waals surface area contributed by atoms with Gasteiger partial charge in [-0.25, -0.2) is 9.78 Å². The van der Waals surface area contributed by atoms with Crippen LogP contribution in [0.4, 0.5) is 10.6 Å². The molecule has 2 amide bonds. The molecular weight excluding hydrogens is 420 g/mol. The van der Waals surface area contributed by atoms with Crippen molar-refractivity contribution in [2.45, 2.75) is 38.0 Å². The molecule has 1 saturated heterocycles. The first-order valence-electron chi connectivity index (χ1n) is 11.8. The number of pyridine rings is 1. The van der Waals surface area contributed by atoms with E-state index in [0.717, 1.165) is 61.5 Å². The Morgan fingerprint density at radius 3 is 2.88 bits per heavy atom. The number of hydrogen-bond donors (Lipinski definition) is 2. The molecule has 0 radical (unpaired) electrons. The molecule has 0 aliphatic carbocycles. The van der Waals surface area contributed by atoms with E-state index >= 15 is 0 Å². The van der Waals surface area contributed by atoms with Crippen LogP contribution in [0.5, 0.6) is 5.75 Å². The Kier molecular flexibility index (Phi) is 6.07. The van der Waals surface area contributed by atoms with E-state index in [9.17, 15) is 14.7 Å². The molecule has 5 rings (SSSR count). The fraction of sp³-hybridized carbons (Fsp3) is 0.480. The largest absolute Gasteiger partial charge is 0.493 e. The maximum absolute atomic E-state index is 12.9. The Labute approximate surface area is 193 Å². The SMILES string of the molecule is O=C(O)[C@H](CN1CCN(CCCc2ccc3c(n2)NCCC3)C1=O)c1ccc2c(c1)OCC2. The molecule has 2 aromatic rings. The lowest BCUT2D eigenvalue weighted by Gasteiger charge is -2.22. The topological polar surface area (TPSA) is 95.0 Å². The van der Waals surface area contributed by atoms with E-state index in [2.05, 4.69) is 17.4 Å². The third-order valence-corrected chi connectivity index (χ3v) is 6.82. The molecular formula is C25H30N4O4. The number of nitrogens with zero attached hydrogens (tertiary/aromatic N) is 3. The second-order valence-corrected chi connectivity index (χ2v) is 9.02. The highest BCUT2D eigenvalue weighted by Gasteiger charge is 2.33. The average Bonchev–Trinajstić information content (AvgIpc) is 3.43. The number of nitrogens with one attached hydrogen (secondary N) is 1. The van der Waals surface area contributed by atoms with Crippen molar-refractivity contribution in [3.05, 3.63) is 52.7 Å². The number of aryl methyl sites for hydroxylation is 2. The van der Waals surface area contributed by atoms with E-state index in [1.165, 1.54) is 5.56 Å². The summed E-state index contributed by atoms with van der Waals surface area (Å²) in [6.45, 7) is 3.58. The summed E-state index contributed by atoms with van der Waals surface area (Å²) in [4.78, 5) is 33.1. The van der Waals surface area contributed by atoms with Crippen LogP contribution in [-0.4, -0.2) is 71.2 Å². The molecule has 33 heavy (non-hydrogen) atoms. The van der Waals surface area contributed by atoms with Crippen molar-refractivity contribution in [3.8, 4) is 5.75 Å². The number of amides is 2. The predicted octanol–water partition coefficient (Wildman–Crippen LogP) is 2.91. The molecule has 0 spiro atoms. The Hall–Kier alpha value is -3.29. The van der Waals surface area contributed by atoms with Crippen LogP contribution in [0, 0.1) is 0 Å². The van der Waals surface area contributed by atoms with Crippen molar-refractivity contribution < 1.29 is 19.4 Å². The number of rotatable bonds is 8. The van der Waals surface area contributed by atoms with Gasteiger partial charge in [0.1, 0.15) is 11.6 Å². The smallest absolute Gasteiger partial charge is 0.320 e. The highest BCUT2D eigenvalue weighted by Crippen LogP contribution is 2.30. The lowest BCUT2D eigenvalue weighted by molar-refractivity contribution is -0.139. The zero-order chi connectivity index (χ0) is 22.8. The van der Waals surface area contributed by atoms with E-state index in [-0.39, 0.29) is 12.6 Å². The molecule has 0 saturated carbocycles. The van der Waals surface area contributed by atoms with Crippen LogP contribution in [-0.2, 0) is 24.1 Å². The van der Waals surface area contributed by atoms with Gasteiger partial charge in [-0.05, 0) is 54.5 Å². The third-order valence-electron chi connectivity index (χ3n) is 6.82. The summed E-state index contributed by atoms with van der Waals surface area (Å²) in [5, 5.41) is 13.2. The minimum atomic E-state index is -0.925. The fourth-order valence-corrected chi connectivity index (χ4v) is 4.91. The van der Waals surface area contributed by atoms with E-state index in [1.807, 2.05) is 23.1 Å². The number of hydrogen-bond acceptors (Lipinski definition) is 5. The normalized spacial score (nSPS) is 17.9. The quantitative estimate of drug-likeness (QED) is 0.642. The van der Waals surface area contributed by atoms with Gasteiger partial charge in [0.25, 0.3) is 0 Å². The van der Waals surface area contributed by atoms with Gasteiger partial charge in [-0.2, -0.15) is 0 Å². The number of benzene rings is 1. The van der Waals surface area contributed by atoms with Crippen molar-refractivity contribution in [1.82, 2.24) is 14.8 Å².